The van der Waals surface area contributed by atoms with Crippen LogP contribution in [0.25, 0.3) is 10.9 Å². The summed E-state index contributed by atoms with van der Waals surface area (Å²) in [5.41, 5.74) is 1.80. The van der Waals surface area contributed by atoms with E-state index < -0.39 is 0 Å². The maximum Gasteiger partial charge on any atom is 0.229 e. The van der Waals surface area contributed by atoms with E-state index in [1.165, 1.54) is 0 Å². The summed E-state index contributed by atoms with van der Waals surface area (Å²) in [6, 6.07) is 13.4. The van der Waals surface area contributed by atoms with Gasteiger partial charge in [-0.2, -0.15) is 5.10 Å². The molecule has 0 aliphatic carbocycles. The van der Waals surface area contributed by atoms with Crippen LogP contribution in [0.5, 0.6) is 0 Å². The van der Waals surface area contributed by atoms with Gasteiger partial charge in [-0.25, -0.2) is 0 Å². The smallest absolute Gasteiger partial charge is 0.229 e. The van der Waals surface area contributed by atoms with Gasteiger partial charge in [0, 0.05) is 43.2 Å². The summed E-state index contributed by atoms with van der Waals surface area (Å²) in [5, 5.41) is 11.0. The van der Waals surface area contributed by atoms with E-state index in [4.69, 9.17) is 0 Å². The summed E-state index contributed by atoms with van der Waals surface area (Å²) >= 11 is 0. The molecule has 7 heteroatoms. The van der Waals surface area contributed by atoms with Crippen LogP contribution < -0.4 is 10.2 Å². The molecule has 7 nitrogen and oxygen atoms in total. The fourth-order valence-electron chi connectivity index (χ4n) is 3.25. The minimum absolute atomic E-state index is 0.0767. The van der Waals surface area contributed by atoms with Crippen LogP contribution in [0, 0.1) is 5.92 Å². The van der Waals surface area contributed by atoms with Crippen molar-refractivity contribution in [2.45, 2.75) is 12.8 Å². The van der Waals surface area contributed by atoms with Gasteiger partial charge in [0.05, 0.1) is 11.4 Å². The number of aromatic amines is 1. The van der Waals surface area contributed by atoms with Gasteiger partial charge in [0.2, 0.25) is 11.8 Å². The maximum atomic E-state index is 12.4. The Morgan fingerprint density at radius 3 is 2.92 bits per heavy atom. The monoisotopic (exact) mass is 349 g/mol. The number of fused-ring (bicyclic) bond motifs is 1. The molecule has 1 aromatic carbocycles. The first-order valence-electron chi connectivity index (χ1n) is 8.63. The molecule has 0 saturated carbocycles. The van der Waals surface area contributed by atoms with Crippen molar-refractivity contribution in [1.82, 2.24) is 20.5 Å². The number of nitrogens with one attached hydrogen (secondary N) is 2. The molecule has 26 heavy (non-hydrogen) atoms. The van der Waals surface area contributed by atoms with Gasteiger partial charge in [0.1, 0.15) is 0 Å². The first-order valence-corrected chi connectivity index (χ1v) is 8.63. The number of rotatable bonds is 5. The average Bonchev–Trinajstić information content (AvgIpc) is 3.26. The third-order valence-corrected chi connectivity index (χ3v) is 4.61. The lowest BCUT2D eigenvalue weighted by molar-refractivity contribution is -0.126. The number of aromatic nitrogens is 3. The topological polar surface area (TPSA) is 91.0 Å². The number of pyridine rings is 1. The van der Waals surface area contributed by atoms with Crippen LogP contribution in [0.15, 0.2) is 48.7 Å². The molecule has 1 saturated heterocycles. The molecular weight excluding hydrogens is 330 g/mol. The number of carbonyl (C=O) groups excluding carboxylic acids is 2. The Labute approximate surface area is 150 Å². The zero-order valence-corrected chi connectivity index (χ0v) is 14.2. The van der Waals surface area contributed by atoms with Gasteiger partial charge >= 0.3 is 0 Å². The van der Waals surface area contributed by atoms with E-state index in [0.717, 1.165) is 16.6 Å². The molecule has 0 radical (unpaired) electrons. The Bertz CT molecular complexity index is 937. The Morgan fingerprint density at radius 1 is 1.23 bits per heavy atom. The van der Waals surface area contributed by atoms with Crippen LogP contribution in [0.2, 0.25) is 0 Å². The molecule has 0 bridgehead atoms. The first kappa shape index (κ1) is 16.3. The van der Waals surface area contributed by atoms with E-state index in [0.29, 0.717) is 25.3 Å². The van der Waals surface area contributed by atoms with Crippen LogP contribution >= 0.6 is 0 Å². The van der Waals surface area contributed by atoms with Gasteiger partial charge in [-0.05, 0) is 24.3 Å². The number of carbonyl (C=O) groups is 2. The lowest BCUT2D eigenvalue weighted by Crippen LogP contribution is -2.34. The molecule has 2 amide bonds. The number of hydrogen-bond donors (Lipinski definition) is 2. The molecule has 4 rings (SSSR count). The van der Waals surface area contributed by atoms with E-state index in [1.54, 1.807) is 11.1 Å². The zero-order chi connectivity index (χ0) is 17.9. The maximum absolute atomic E-state index is 12.4. The quantitative estimate of drug-likeness (QED) is 0.733. The van der Waals surface area contributed by atoms with Crippen molar-refractivity contribution in [2.75, 3.05) is 18.0 Å². The van der Waals surface area contributed by atoms with E-state index in [-0.39, 0.29) is 24.2 Å². The minimum atomic E-state index is -0.360. The van der Waals surface area contributed by atoms with E-state index in [2.05, 4.69) is 20.5 Å². The highest BCUT2D eigenvalue weighted by molar-refractivity contribution is 6.05. The van der Waals surface area contributed by atoms with Gasteiger partial charge in [-0.1, -0.05) is 18.2 Å². The standard InChI is InChI=1S/C19H19N5O2/c25-17-11-13(19(26)21-10-8-14-5-3-4-9-20-14)12-24(17)18-15-6-1-2-7-16(15)22-23-18/h1-7,9,13H,8,10-12H2,(H,21,26)(H,22,23). The van der Waals surface area contributed by atoms with Crippen molar-refractivity contribution in [3.8, 4) is 0 Å². The first-order chi connectivity index (χ1) is 12.7. The predicted molar refractivity (Wildman–Crippen MR) is 97.5 cm³/mol. The summed E-state index contributed by atoms with van der Waals surface area (Å²) in [6.45, 7) is 0.856. The molecule has 3 aromatic rings. The molecule has 1 unspecified atom stereocenters. The van der Waals surface area contributed by atoms with Crippen molar-refractivity contribution in [1.29, 1.82) is 0 Å². The van der Waals surface area contributed by atoms with Crippen LogP contribution in [-0.4, -0.2) is 40.1 Å². The van der Waals surface area contributed by atoms with Crippen LogP contribution in [0.3, 0.4) is 0 Å². The molecule has 1 aliphatic rings. The molecule has 132 valence electrons. The van der Waals surface area contributed by atoms with E-state index >= 15 is 0 Å². The van der Waals surface area contributed by atoms with Gasteiger partial charge in [0.25, 0.3) is 0 Å². The average molecular weight is 349 g/mol. The second-order valence-electron chi connectivity index (χ2n) is 6.36. The number of nitrogens with zero attached hydrogens (tertiary/aromatic N) is 3. The van der Waals surface area contributed by atoms with Crippen molar-refractivity contribution in [3.05, 3.63) is 54.4 Å². The number of hydrogen-bond acceptors (Lipinski definition) is 4. The third kappa shape index (κ3) is 3.15. The van der Waals surface area contributed by atoms with Crippen LogP contribution in [0.4, 0.5) is 5.82 Å². The molecule has 2 aromatic heterocycles. The van der Waals surface area contributed by atoms with Crippen molar-refractivity contribution in [2.24, 2.45) is 5.92 Å². The third-order valence-electron chi connectivity index (χ3n) is 4.61. The SMILES string of the molecule is O=C(NCCc1ccccn1)C1CC(=O)N(c2n[nH]c3ccccc23)C1. The normalized spacial score (nSPS) is 17.0. The van der Waals surface area contributed by atoms with Crippen LogP contribution in [0.1, 0.15) is 12.1 Å². The number of para-hydroxylation sites is 1. The number of anilines is 1. The number of amides is 2. The Morgan fingerprint density at radius 2 is 2.08 bits per heavy atom. The molecule has 2 N–H and O–H groups in total. The fourth-order valence-corrected chi connectivity index (χ4v) is 3.25. The zero-order valence-electron chi connectivity index (χ0n) is 14.2. The number of H-pyrrole nitrogens is 1. The lowest BCUT2D eigenvalue weighted by atomic mass is 10.1. The molecule has 1 atom stereocenters. The fraction of sp³-hybridized carbons (Fsp3) is 0.263. The molecule has 1 aliphatic heterocycles. The van der Waals surface area contributed by atoms with Gasteiger partial charge < -0.3 is 5.32 Å². The Hall–Kier alpha value is -3.22. The van der Waals surface area contributed by atoms with Gasteiger partial charge in [-0.15, -0.1) is 0 Å². The largest absolute Gasteiger partial charge is 0.355 e. The van der Waals surface area contributed by atoms with Gasteiger partial charge in [0.15, 0.2) is 5.82 Å². The number of benzene rings is 1. The highest BCUT2D eigenvalue weighted by Gasteiger charge is 2.36. The predicted octanol–water partition coefficient (Wildman–Crippen LogP) is 1.67. The summed E-state index contributed by atoms with van der Waals surface area (Å²) in [4.78, 5) is 30.7. The van der Waals surface area contributed by atoms with Crippen molar-refractivity contribution in [3.63, 3.8) is 0 Å². The lowest BCUT2D eigenvalue weighted by Gasteiger charge is -2.14. The van der Waals surface area contributed by atoms with Gasteiger partial charge in [-0.3, -0.25) is 24.6 Å². The Kier molecular flexibility index (Phi) is 4.35. The van der Waals surface area contributed by atoms with E-state index in [9.17, 15) is 9.59 Å². The van der Waals surface area contributed by atoms with Crippen molar-refractivity contribution >= 4 is 28.5 Å². The molecule has 0 spiro atoms. The molecular formula is C19H19N5O2. The van der Waals surface area contributed by atoms with Crippen LogP contribution in [-0.2, 0) is 16.0 Å². The molecule has 1 fully saturated rings. The second kappa shape index (κ2) is 6.95. The highest BCUT2D eigenvalue weighted by atomic mass is 16.2. The second-order valence-corrected chi connectivity index (χ2v) is 6.36. The summed E-state index contributed by atoms with van der Waals surface area (Å²) < 4.78 is 0. The highest BCUT2D eigenvalue weighted by Crippen LogP contribution is 2.29. The molecule has 3 heterocycles. The van der Waals surface area contributed by atoms with Crippen molar-refractivity contribution < 1.29 is 9.59 Å². The summed E-state index contributed by atoms with van der Waals surface area (Å²) in [5.74, 6) is 0.0554. The summed E-state index contributed by atoms with van der Waals surface area (Å²) in [6.07, 6.45) is 2.61. The minimum Gasteiger partial charge on any atom is -0.355 e. The van der Waals surface area contributed by atoms with E-state index in [1.807, 2.05) is 42.5 Å². The Balaban J connectivity index is 1.39. The summed E-state index contributed by atoms with van der Waals surface area (Å²) in [7, 11) is 0.